The van der Waals surface area contributed by atoms with E-state index >= 15 is 0 Å². The lowest BCUT2D eigenvalue weighted by molar-refractivity contribution is -0.274. The van der Waals surface area contributed by atoms with Crippen molar-refractivity contribution in [2.45, 2.75) is 43.9 Å². The third kappa shape index (κ3) is 6.17. The number of carbonyl (C=O) groups is 1. The number of amides is 1. The zero-order valence-corrected chi connectivity index (χ0v) is 23.1. The summed E-state index contributed by atoms with van der Waals surface area (Å²) in [5.74, 6) is -0.00775. The van der Waals surface area contributed by atoms with E-state index in [0.29, 0.717) is 24.3 Å². The summed E-state index contributed by atoms with van der Waals surface area (Å²) in [4.78, 5) is 11.4. The first-order valence-corrected chi connectivity index (χ1v) is 13.7. The second kappa shape index (κ2) is 12.6. The maximum absolute atomic E-state index is 14.2. The molecule has 0 radical (unpaired) electrons. The van der Waals surface area contributed by atoms with Gasteiger partial charge in [-0.2, -0.15) is 0 Å². The van der Waals surface area contributed by atoms with Crippen molar-refractivity contribution in [2.24, 2.45) is 0 Å². The van der Waals surface area contributed by atoms with Gasteiger partial charge in [-0.1, -0.05) is 78.9 Å². The molecule has 4 aromatic rings. The number of aliphatic hydroxyl groups excluding tert-OH is 1. The van der Waals surface area contributed by atoms with Crippen LogP contribution in [-0.4, -0.2) is 43.2 Å². The van der Waals surface area contributed by atoms with Crippen LogP contribution in [0.2, 0.25) is 0 Å². The van der Waals surface area contributed by atoms with Crippen LogP contribution in [0.15, 0.2) is 103 Å². The average Bonchev–Trinajstić information content (AvgIpc) is 2.99. The topological polar surface area (TPSA) is 77.0 Å². The van der Waals surface area contributed by atoms with Crippen molar-refractivity contribution in [1.82, 2.24) is 5.32 Å². The van der Waals surface area contributed by atoms with Gasteiger partial charge in [0.1, 0.15) is 23.3 Å². The van der Waals surface area contributed by atoms with E-state index in [9.17, 15) is 14.3 Å². The predicted molar refractivity (Wildman–Crippen MR) is 155 cm³/mol. The van der Waals surface area contributed by atoms with Crippen LogP contribution in [0.5, 0.6) is 5.75 Å². The number of nitrogens with one attached hydrogen (secondary N) is 1. The van der Waals surface area contributed by atoms with Gasteiger partial charge in [0.05, 0.1) is 6.10 Å². The number of methoxy groups -OCH3 is 1. The Kier molecular flexibility index (Phi) is 8.78. The molecule has 3 atom stereocenters. The van der Waals surface area contributed by atoms with Crippen LogP contribution >= 0.6 is 0 Å². The fourth-order valence-corrected chi connectivity index (χ4v) is 5.52. The monoisotopic (exact) mass is 555 g/mol. The third-order valence-electron chi connectivity index (χ3n) is 7.45. The lowest BCUT2D eigenvalue weighted by Crippen LogP contribution is -2.57. The molecule has 0 bridgehead atoms. The molecule has 5 rings (SSSR count). The Balaban J connectivity index is 1.51. The molecule has 2 N–H and O–H groups in total. The summed E-state index contributed by atoms with van der Waals surface area (Å²) in [7, 11) is 1.62. The first kappa shape index (κ1) is 28.5. The Morgan fingerprint density at radius 2 is 1.66 bits per heavy atom. The highest BCUT2D eigenvalue weighted by Gasteiger charge is 2.52. The molecule has 1 amide bonds. The summed E-state index contributed by atoms with van der Waals surface area (Å²) in [5.41, 5.74) is 3.10. The zero-order valence-electron chi connectivity index (χ0n) is 23.1. The number of aliphatic hydroxyl groups is 1. The molecular formula is C34H34FNO5. The summed E-state index contributed by atoms with van der Waals surface area (Å²) in [5, 5.41) is 14.0. The van der Waals surface area contributed by atoms with Gasteiger partial charge in [-0.05, 0) is 58.5 Å². The van der Waals surface area contributed by atoms with Crippen LogP contribution in [0.3, 0.4) is 0 Å². The zero-order chi connectivity index (χ0) is 28.8. The number of hydrogen-bond acceptors (Lipinski definition) is 5. The van der Waals surface area contributed by atoms with E-state index in [1.165, 1.54) is 19.1 Å². The Morgan fingerprint density at radius 1 is 0.976 bits per heavy atom. The Hall–Kier alpha value is -4.04. The molecule has 41 heavy (non-hydrogen) atoms. The molecule has 1 saturated heterocycles. The van der Waals surface area contributed by atoms with Gasteiger partial charge in [0, 0.05) is 27.0 Å². The Bertz CT molecular complexity index is 1420. The molecule has 0 unspecified atom stereocenters. The van der Waals surface area contributed by atoms with Crippen molar-refractivity contribution in [3.8, 4) is 16.9 Å². The van der Waals surface area contributed by atoms with Crippen LogP contribution in [0.4, 0.5) is 4.39 Å². The average molecular weight is 556 g/mol. The van der Waals surface area contributed by atoms with E-state index in [-0.39, 0.29) is 18.1 Å². The van der Waals surface area contributed by atoms with Crippen molar-refractivity contribution in [2.75, 3.05) is 13.7 Å². The van der Waals surface area contributed by atoms with Crippen molar-refractivity contribution < 1.29 is 28.5 Å². The van der Waals surface area contributed by atoms with Gasteiger partial charge in [-0.3, -0.25) is 4.79 Å². The minimum atomic E-state index is -1.04. The van der Waals surface area contributed by atoms with Crippen molar-refractivity contribution in [3.63, 3.8) is 0 Å². The minimum absolute atomic E-state index is 0.115. The molecule has 212 valence electrons. The van der Waals surface area contributed by atoms with Gasteiger partial charge in [-0.25, -0.2) is 4.39 Å². The summed E-state index contributed by atoms with van der Waals surface area (Å²) < 4.78 is 33.2. The predicted octanol–water partition coefficient (Wildman–Crippen LogP) is 5.62. The third-order valence-corrected chi connectivity index (χ3v) is 7.45. The smallest absolute Gasteiger partial charge is 0.227 e. The lowest BCUT2D eigenvalue weighted by Gasteiger charge is -2.48. The minimum Gasteiger partial charge on any atom is -0.462 e. The second-order valence-electron chi connectivity index (χ2n) is 10.2. The summed E-state index contributed by atoms with van der Waals surface area (Å²) in [6.45, 7) is 1.91. The van der Waals surface area contributed by atoms with Gasteiger partial charge in [0.25, 0.3) is 0 Å². The number of rotatable bonds is 9. The highest BCUT2D eigenvalue weighted by Crippen LogP contribution is 2.45. The van der Waals surface area contributed by atoms with E-state index in [1.54, 1.807) is 19.2 Å². The second-order valence-corrected chi connectivity index (χ2v) is 10.2. The first-order chi connectivity index (χ1) is 19.9. The van der Waals surface area contributed by atoms with Crippen LogP contribution in [0.1, 0.15) is 30.0 Å². The molecule has 0 saturated carbocycles. The van der Waals surface area contributed by atoms with Gasteiger partial charge in [-0.15, -0.1) is 0 Å². The van der Waals surface area contributed by atoms with Gasteiger partial charge < -0.3 is 24.6 Å². The van der Waals surface area contributed by atoms with Crippen molar-refractivity contribution >= 4 is 5.91 Å². The largest absolute Gasteiger partial charge is 0.462 e. The maximum atomic E-state index is 14.2. The van der Waals surface area contributed by atoms with Crippen LogP contribution < -0.4 is 10.1 Å². The highest BCUT2D eigenvalue weighted by atomic mass is 19.1. The molecule has 6 nitrogen and oxygen atoms in total. The molecule has 1 heterocycles. The summed E-state index contributed by atoms with van der Waals surface area (Å²) >= 11 is 0. The van der Waals surface area contributed by atoms with Gasteiger partial charge in [0.2, 0.25) is 12.2 Å². The van der Waals surface area contributed by atoms with E-state index in [4.69, 9.17) is 14.2 Å². The molecule has 0 aliphatic carbocycles. The number of hydrogen-bond donors (Lipinski definition) is 2. The lowest BCUT2D eigenvalue weighted by atomic mass is 9.77. The van der Waals surface area contributed by atoms with Crippen LogP contribution in [0, 0.1) is 5.82 Å². The van der Waals surface area contributed by atoms with E-state index in [2.05, 4.69) is 5.32 Å². The van der Waals surface area contributed by atoms with E-state index < -0.39 is 24.1 Å². The highest BCUT2D eigenvalue weighted by molar-refractivity contribution is 5.73. The Morgan fingerprint density at radius 3 is 2.27 bits per heavy atom. The standard InChI is InChI=1S/C34H34FNO5/c1-23(37)36-19-18-24-16-17-29(21-30(24)25-10-9-15-28(35)20-25)40-33-31(38)22-32(39-2)34(41-33,26-11-5-3-6-12-26)27-13-7-4-8-14-27/h3-17,20-21,31-33,38H,18-19,22H2,1-2H3,(H,36,37)/t31-,32-,33-/m1/s1. The summed E-state index contributed by atoms with van der Waals surface area (Å²) in [6.07, 6.45) is -1.66. The maximum Gasteiger partial charge on any atom is 0.227 e. The first-order valence-electron chi connectivity index (χ1n) is 13.7. The number of carbonyl (C=O) groups excluding carboxylic acids is 1. The number of halogens is 1. The van der Waals surface area contributed by atoms with Crippen LogP contribution in [-0.2, 0) is 26.3 Å². The fraction of sp³-hybridized carbons (Fsp3) is 0.265. The molecule has 1 fully saturated rings. The molecule has 7 heteroatoms. The Labute approximate surface area is 239 Å². The van der Waals surface area contributed by atoms with E-state index in [1.807, 2.05) is 78.9 Å². The van der Waals surface area contributed by atoms with Gasteiger partial charge in [0.15, 0.2) is 0 Å². The normalized spacial score (nSPS) is 19.9. The molecule has 0 spiro atoms. The molecule has 4 aromatic carbocycles. The fourth-order valence-electron chi connectivity index (χ4n) is 5.52. The molecule has 1 aliphatic heterocycles. The van der Waals surface area contributed by atoms with Crippen molar-refractivity contribution in [3.05, 3.63) is 126 Å². The molecular weight excluding hydrogens is 521 g/mol. The van der Waals surface area contributed by atoms with E-state index in [0.717, 1.165) is 22.3 Å². The SMILES string of the molecule is CO[C@@H]1C[C@@H](O)[C@H](Oc2ccc(CCNC(C)=O)c(-c3cccc(F)c3)c2)OC1(c1ccccc1)c1ccccc1. The summed E-state index contributed by atoms with van der Waals surface area (Å²) in [6, 6.07) is 31.5. The molecule has 0 aromatic heterocycles. The number of ether oxygens (including phenoxy) is 3. The quantitative estimate of drug-likeness (QED) is 0.281. The van der Waals surface area contributed by atoms with Crippen molar-refractivity contribution in [1.29, 1.82) is 0 Å². The molecule has 1 aliphatic rings. The van der Waals surface area contributed by atoms with Crippen LogP contribution in [0.25, 0.3) is 11.1 Å². The van der Waals surface area contributed by atoms with Gasteiger partial charge >= 0.3 is 0 Å². The number of benzene rings is 4.